The van der Waals surface area contributed by atoms with Crippen molar-refractivity contribution in [3.63, 3.8) is 0 Å². The zero-order valence-corrected chi connectivity index (χ0v) is 21.3. The van der Waals surface area contributed by atoms with Gasteiger partial charge in [-0.15, -0.1) is 11.3 Å². The fraction of sp³-hybridized carbons (Fsp3) is 0.154. The van der Waals surface area contributed by atoms with Gasteiger partial charge in [-0.05, 0) is 29.8 Å². The molecule has 1 aromatic heterocycles. The molecule has 1 aliphatic heterocycles. The van der Waals surface area contributed by atoms with Crippen LogP contribution in [0.3, 0.4) is 0 Å². The number of fused-ring (bicyclic) bond motifs is 1. The van der Waals surface area contributed by atoms with Crippen molar-refractivity contribution < 1.29 is 27.6 Å². The van der Waals surface area contributed by atoms with Gasteiger partial charge in [0.25, 0.3) is 17.7 Å². The fourth-order valence-electron chi connectivity index (χ4n) is 4.14. The van der Waals surface area contributed by atoms with E-state index < -0.39 is 42.0 Å². The van der Waals surface area contributed by atoms with Gasteiger partial charge in [0.1, 0.15) is 6.17 Å². The van der Waals surface area contributed by atoms with Gasteiger partial charge in [-0.1, -0.05) is 41.9 Å². The van der Waals surface area contributed by atoms with Crippen molar-refractivity contribution in [3.05, 3.63) is 104 Å². The third-order valence-corrected chi connectivity index (χ3v) is 7.10. The number of alkyl halides is 3. The van der Waals surface area contributed by atoms with E-state index in [2.05, 4.69) is 10.3 Å². The third-order valence-electron chi connectivity index (χ3n) is 5.86. The number of carbonyl (C=O) groups is 3. The number of hydrogen-bond acceptors (Lipinski definition) is 6. The van der Waals surface area contributed by atoms with E-state index in [0.717, 1.165) is 28.5 Å². The van der Waals surface area contributed by atoms with Crippen molar-refractivity contribution in [1.82, 2.24) is 10.2 Å². The van der Waals surface area contributed by atoms with Crippen LogP contribution < -0.4 is 11.1 Å². The number of allylic oxidation sites excluding steroid dienone is 1. The molecule has 2 aromatic carbocycles. The van der Waals surface area contributed by atoms with Crippen molar-refractivity contribution in [2.75, 3.05) is 7.05 Å². The maximum atomic E-state index is 13.7. The Bertz CT molecular complexity index is 1450. The number of carbonyl (C=O) groups excluding carboxylic acids is 3. The molecule has 3 aromatic rings. The highest BCUT2D eigenvalue weighted by Gasteiger charge is 2.42. The maximum absolute atomic E-state index is 13.7. The minimum Gasteiger partial charge on any atom is -0.403 e. The van der Waals surface area contributed by atoms with Crippen molar-refractivity contribution >= 4 is 46.4 Å². The smallest absolute Gasteiger partial charge is 0.403 e. The molecule has 0 radical (unpaired) electrons. The molecular weight excluding hydrogens is 541 g/mol. The Balaban J connectivity index is 1.70. The lowest BCUT2D eigenvalue weighted by molar-refractivity contribution is -0.138. The predicted molar refractivity (Wildman–Crippen MR) is 138 cm³/mol. The van der Waals surface area contributed by atoms with Crippen LogP contribution in [0.2, 0.25) is 0 Å². The number of nitrogens with one attached hydrogen (secondary N) is 1. The molecule has 0 saturated heterocycles. The highest BCUT2D eigenvalue weighted by Crippen LogP contribution is 2.33. The van der Waals surface area contributed by atoms with Crippen LogP contribution in [0, 0.1) is 0 Å². The van der Waals surface area contributed by atoms with Crippen molar-refractivity contribution in [1.29, 1.82) is 0 Å². The van der Waals surface area contributed by atoms with Crippen molar-refractivity contribution in [2.45, 2.75) is 18.8 Å². The summed E-state index contributed by atoms with van der Waals surface area (Å²) < 4.78 is 41.1. The Morgan fingerprint density at radius 2 is 1.74 bits per heavy atom. The molecule has 0 bridgehead atoms. The number of rotatable bonds is 7. The largest absolute Gasteiger partial charge is 0.416 e. The Morgan fingerprint density at radius 3 is 2.32 bits per heavy atom. The van der Waals surface area contributed by atoms with Crippen LogP contribution >= 0.6 is 22.9 Å². The van der Waals surface area contributed by atoms with Gasteiger partial charge in [-0.2, -0.15) is 13.2 Å². The van der Waals surface area contributed by atoms with Crippen LogP contribution in [-0.2, 0) is 12.6 Å². The molecule has 1 aliphatic rings. The lowest BCUT2D eigenvalue weighted by Gasteiger charge is -2.28. The van der Waals surface area contributed by atoms with E-state index in [0.29, 0.717) is 11.3 Å². The van der Waals surface area contributed by atoms with Crippen LogP contribution in [0.5, 0.6) is 0 Å². The summed E-state index contributed by atoms with van der Waals surface area (Å²) in [6.45, 7) is 0. The third kappa shape index (κ3) is 5.20. The second kappa shape index (κ2) is 10.8. The highest BCUT2D eigenvalue weighted by atomic mass is 35.5. The topological polar surface area (TPSA) is 105 Å². The fourth-order valence-corrected chi connectivity index (χ4v) is 5.12. The van der Waals surface area contributed by atoms with Crippen molar-refractivity contribution in [3.8, 4) is 0 Å². The molecule has 3 N–H and O–H groups in total. The van der Waals surface area contributed by atoms with E-state index in [1.54, 1.807) is 17.5 Å². The minimum absolute atomic E-state index is 0.103. The summed E-state index contributed by atoms with van der Waals surface area (Å²) in [5, 5.41) is 4.36. The van der Waals surface area contributed by atoms with Gasteiger partial charge < -0.3 is 11.1 Å². The quantitative estimate of drug-likeness (QED) is 0.319. The molecular formula is C26H20ClF3N4O3S. The SMILES string of the molecule is CN=C(C(Cl)=CN)c1csc(C(=O)NC(Cc2ccccc2C(F)(F)F)N2C(=O)c3ccccc3C2=O)c1. The van der Waals surface area contributed by atoms with Crippen molar-refractivity contribution in [2.24, 2.45) is 10.7 Å². The van der Waals surface area contributed by atoms with Gasteiger partial charge in [-0.25, -0.2) is 0 Å². The molecule has 0 spiro atoms. The van der Waals surface area contributed by atoms with E-state index in [9.17, 15) is 27.6 Å². The summed E-state index contributed by atoms with van der Waals surface area (Å²) in [6.07, 6.45) is -5.40. The first-order chi connectivity index (χ1) is 18.1. The van der Waals surface area contributed by atoms with Crippen LogP contribution in [-0.4, -0.2) is 41.5 Å². The Kier molecular flexibility index (Phi) is 7.70. The van der Waals surface area contributed by atoms with E-state index in [4.69, 9.17) is 17.3 Å². The number of amides is 3. The number of benzene rings is 2. The van der Waals surface area contributed by atoms with Crippen LogP contribution in [0.4, 0.5) is 13.2 Å². The first-order valence-corrected chi connectivity index (χ1v) is 12.4. The summed E-state index contributed by atoms with van der Waals surface area (Å²) in [5.41, 5.74) is 5.39. The molecule has 1 unspecified atom stereocenters. The zero-order valence-electron chi connectivity index (χ0n) is 19.8. The zero-order chi connectivity index (χ0) is 27.6. The molecule has 38 heavy (non-hydrogen) atoms. The highest BCUT2D eigenvalue weighted by molar-refractivity contribution is 7.12. The van der Waals surface area contributed by atoms with E-state index >= 15 is 0 Å². The molecule has 0 aliphatic carbocycles. The Labute approximate surface area is 224 Å². The van der Waals surface area contributed by atoms with E-state index in [-0.39, 0.29) is 26.6 Å². The lowest BCUT2D eigenvalue weighted by Crippen LogP contribution is -2.52. The number of hydrogen-bond donors (Lipinski definition) is 2. The number of thiophene rings is 1. The van der Waals surface area contributed by atoms with Gasteiger partial charge in [0.15, 0.2) is 0 Å². The lowest BCUT2D eigenvalue weighted by atomic mass is 10.0. The monoisotopic (exact) mass is 560 g/mol. The van der Waals surface area contributed by atoms with Gasteiger partial charge in [0.2, 0.25) is 0 Å². The molecule has 12 heteroatoms. The van der Waals surface area contributed by atoms with Crippen LogP contribution in [0.25, 0.3) is 0 Å². The maximum Gasteiger partial charge on any atom is 0.416 e. The molecule has 1 atom stereocenters. The summed E-state index contributed by atoms with van der Waals surface area (Å²) >= 11 is 7.11. The molecule has 4 rings (SSSR count). The molecule has 196 valence electrons. The Hall–Kier alpha value is -3.96. The van der Waals surface area contributed by atoms with E-state index in [1.807, 2.05) is 0 Å². The van der Waals surface area contributed by atoms with Crippen LogP contribution in [0.15, 0.2) is 76.2 Å². The number of halogens is 4. The van der Waals surface area contributed by atoms with E-state index in [1.165, 1.54) is 43.4 Å². The molecule has 3 amide bonds. The first kappa shape index (κ1) is 27.1. The van der Waals surface area contributed by atoms with Gasteiger partial charge >= 0.3 is 6.18 Å². The number of nitrogens with two attached hydrogens (primary N) is 1. The average molecular weight is 561 g/mol. The summed E-state index contributed by atoms with van der Waals surface area (Å²) in [7, 11) is 1.50. The average Bonchev–Trinajstić information content (AvgIpc) is 3.47. The second-order valence-electron chi connectivity index (χ2n) is 8.16. The first-order valence-electron chi connectivity index (χ1n) is 11.1. The predicted octanol–water partition coefficient (Wildman–Crippen LogP) is 4.82. The number of aliphatic imine (C=N–C) groups is 1. The number of nitrogens with zero attached hydrogens (tertiary/aromatic N) is 2. The summed E-state index contributed by atoms with van der Waals surface area (Å²) in [6, 6.07) is 12.3. The second-order valence-corrected chi connectivity index (χ2v) is 9.48. The molecule has 0 fully saturated rings. The normalized spacial score (nSPS) is 15.0. The van der Waals surface area contributed by atoms with Gasteiger partial charge in [0.05, 0.1) is 32.3 Å². The molecule has 2 heterocycles. The number of imide groups is 1. The molecule has 0 saturated carbocycles. The minimum atomic E-state index is -4.68. The Morgan fingerprint density at radius 1 is 1.13 bits per heavy atom. The molecule has 7 nitrogen and oxygen atoms in total. The van der Waals surface area contributed by atoms with Gasteiger partial charge in [-0.3, -0.25) is 24.3 Å². The van der Waals surface area contributed by atoms with Crippen LogP contribution in [0.1, 0.15) is 47.1 Å². The standard InChI is InChI=1S/C26H20ClF3N4O3S/c1-32-22(19(27)12-31)15-10-20(38-13-15)23(35)33-21(11-14-6-2-5-9-18(14)26(28,29)30)34-24(36)16-7-3-4-8-17(16)25(34)37/h2-10,12-13,21H,11,31H2,1H3,(H,33,35). The summed E-state index contributed by atoms with van der Waals surface area (Å²) in [5.74, 6) is -2.13. The van der Waals surface area contributed by atoms with Gasteiger partial charge in [0, 0.05) is 30.6 Å². The summed E-state index contributed by atoms with van der Waals surface area (Å²) in [4.78, 5) is 44.6.